The first-order valence-electron chi connectivity index (χ1n) is 7.64. The van der Waals surface area contributed by atoms with Crippen LogP contribution in [-0.4, -0.2) is 20.9 Å². The largest absolute Gasteiger partial charge is 0.326 e. The summed E-state index contributed by atoms with van der Waals surface area (Å²) in [5.74, 6) is -0.253. The molecule has 2 N–H and O–H groups in total. The van der Waals surface area contributed by atoms with Gasteiger partial charge in [-0.2, -0.15) is 0 Å². The Morgan fingerprint density at radius 3 is 2.56 bits per heavy atom. The Hall–Kier alpha value is -1.96. The number of hydrogen-bond acceptors (Lipinski definition) is 3. The number of halogens is 1. The molecule has 0 aliphatic rings. The minimum Gasteiger partial charge on any atom is -0.326 e. The molecule has 0 heterocycles. The summed E-state index contributed by atoms with van der Waals surface area (Å²) < 4.78 is 27.1. The van der Waals surface area contributed by atoms with Gasteiger partial charge in [-0.15, -0.1) is 0 Å². The van der Waals surface area contributed by atoms with Crippen LogP contribution in [0.15, 0.2) is 58.4 Å². The standard InChI is InChI=1S/C18H19BrN2O3S/c1-14-13-16(7-8-17(14)19)21-18(22)9-11-20-25(23,24)12-10-15-5-3-2-4-6-15/h2-8,10,12-13,20H,9,11H2,1H3,(H,21,22). The summed E-state index contributed by atoms with van der Waals surface area (Å²) in [6.07, 6.45) is 1.56. The van der Waals surface area contributed by atoms with E-state index in [4.69, 9.17) is 0 Å². The van der Waals surface area contributed by atoms with Crippen molar-refractivity contribution < 1.29 is 13.2 Å². The summed E-state index contributed by atoms with van der Waals surface area (Å²) in [5.41, 5.74) is 2.47. The van der Waals surface area contributed by atoms with Crippen LogP contribution in [0.2, 0.25) is 0 Å². The number of sulfonamides is 1. The van der Waals surface area contributed by atoms with Crippen molar-refractivity contribution in [2.75, 3.05) is 11.9 Å². The fourth-order valence-corrected chi connectivity index (χ4v) is 3.10. The minimum absolute atomic E-state index is 0.0306. The van der Waals surface area contributed by atoms with Crippen molar-refractivity contribution in [3.63, 3.8) is 0 Å². The second-order valence-electron chi connectivity index (χ2n) is 5.41. The molecular formula is C18H19BrN2O3S. The zero-order valence-electron chi connectivity index (χ0n) is 13.7. The molecule has 0 atom stereocenters. The van der Waals surface area contributed by atoms with Gasteiger partial charge in [0.25, 0.3) is 0 Å². The molecule has 0 saturated heterocycles. The lowest BCUT2D eigenvalue weighted by molar-refractivity contribution is -0.116. The number of amides is 1. The van der Waals surface area contributed by atoms with E-state index in [1.54, 1.807) is 18.2 Å². The van der Waals surface area contributed by atoms with E-state index in [0.29, 0.717) is 5.69 Å². The molecule has 0 aliphatic carbocycles. The van der Waals surface area contributed by atoms with Gasteiger partial charge in [-0.05, 0) is 42.3 Å². The fourth-order valence-electron chi connectivity index (χ4n) is 2.03. The van der Waals surface area contributed by atoms with Gasteiger partial charge in [0.05, 0.1) is 0 Å². The third kappa shape index (κ3) is 6.81. The number of benzene rings is 2. The summed E-state index contributed by atoms with van der Waals surface area (Å²) in [6.45, 7) is 1.95. The van der Waals surface area contributed by atoms with Gasteiger partial charge in [0.1, 0.15) is 0 Å². The molecule has 0 aromatic heterocycles. The number of rotatable bonds is 7. The summed E-state index contributed by atoms with van der Waals surface area (Å²) in [7, 11) is -3.58. The quantitative estimate of drug-likeness (QED) is 0.714. The molecule has 2 aromatic rings. The minimum atomic E-state index is -3.58. The van der Waals surface area contributed by atoms with E-state index >= 15 is 0 Å². The van der Waals surface area contributed by atoms with Crippen molar-refractivity contribution >= 4 is 43.6 Å². The summed E-state index contributed by atoms with van der Waals surface area (Å²) in [5, 5.41) is 3.84. The summed E-state index contributed by atoms with van der Waals surface area (Å²) in [6, 6.07) is 14.6. The van der Waals surface area contributed by atoms with Crippen LogP contribution in [0.1, 0.15) is 17.5 Å². The predicted octanol–water partition coefficient (Wildman–Crippen LogP) is 3.68. The Kier molecular flexibility index (Phi) is 6.92. The van der Waals surface area contributed by atoms with E-state index in [1.807, 2.05) is 37.3 Å². The van der Waals surface area contributed by atoms with E-state index in [-0.39, 0.29) is 18.9 Å². The Labute approximate surface area is 156 Å². The van der Waals surface area contributed by atoms with Gasteiger partial charge in [-0.1, -0.05) is 46.3 Å². The maximum Gasteiger partial charge on any atom is 0.233 e. The molecular weight excluding hydrogens is 404 g/mol. The van der Waals surface area contributed by atoms with Gasteiger partial charge in [0.2, 0.25) is 15.9 Å². The molecule has 5 nitrogen and oxygen atoms in total. The second kappa shape index (κ2) is 8.94. The van der Waals surface area contributed by atoms with Crippen molar-refractivity contribution in [3.8, 4) is 0 Å². The van der Waals surface area contributed by atoms with Crippen LogP contribution in [-0.2, 0) is 14.8 Å². The van der Waals surface area contributed by atoms with Crippen molar-refractivity contribution in [1.29, 1.82) is 0 Å². The summed E-state index contributed by atoms with van der Waals surface area (Å²) >= 11 is 3.40. The van der Waals surface area contributed by atoms with E-state index in [0.717, 1.165) is 21.0 Å². The van der Waals surface area contributed by atoms with Crippen molar-refractivity contribution in [1.82, 2.24) is 4.72 Å². The first-order chi connectivity index (χ1) is 11.9. The lowest BCUT2D eigenvalue weighted by atomic mass is 10.2. The predicted molar refractivity (Wildman–Crippen MR) is 105 cm³/mol. The third-order valence-corrected chi connectivity index (χ3v) is 5.33. The molecule has 1 amide bonds. The maximum atomic E-state index is 11.9. The SMILES string of the molecule is Cc1cc(NC(=O)CCNS(=O)(=O)C=Cc2ccccc2)ccc1Br. The van der Waals surface area contributed by atoms with Crippen molar-refractivity contribution in [2.45, 2.75) is 13.3 Å². The van der Waals surface area contributed by atoms with Gasteiger partial charge in [-0.3, -0.25) is 4.79 Å². The normalized spacial score (nSPS) is 11.6. The van der Waals surface area contributed by atoms with Gasteiger partial charge in [0.15, 0.2) is 0 Å². The zero-order chi connectivity index (χ0) is 18.3. The van der Waals surface area contributed by atoms with E-state index < -0.39 is 10.0 Å². The first-order valence-corrected chi connectivity index (χ1v) is 9.98. The topological polar surface area (TPSA) is 75.3 Å². The van der Waals surface area contributed by atoms with Crippen LogP contribution in [0.5, 0.6) is 0 Å². The highest BCUT2D eigenvalue weighted by molar-refractivity contribution is 9.10. The van der Waals surface area contributed by atoms with Crippen LogP contribution in [0.4, 0.5) is 5.69 Å². The molecule has 0 aliphatic heterocycles. The molecule has 0 saturated carbocycles. The fraction of sp³-hybridized carbons (Fsp3) is 0.167. The molecule has 0 spiro atoms. The number of nitrogens with one attached hydrogen (secondary N) is 2. The van der Waals surface area contributed by atoms with Crippen LogP contribution < -0.4 is 10.0 Å². The molecule has 0 bridgehead atoms. The number of carbonyl (C=O) groups is 1. The monoisotopic (exact) mass is 422 g/mol. The van der Waals surface area contributed by atoms with Crippen LogP contribution in [0.25, 0.3) is 6.08 Å². The highest BCUT2D eigenvalue weighted by atomic mass is 79.9. The number of aryl methyl sites for hydroxylation is 1. The maximum absolute atomic E-state index is 11.9. The van der Waals surface area contributed by atoms with Crippen LogP contribution >= 0.6 is 15.9 Å². The Morgan fingerprint density at radius 1 is 1.16 bits per heavy atom. The Balaban J connectivity index is 1.81. The number of hydrogen-bond donors (Lipinski definition) is 2. The van der Waals surface area contributed by atoms with Crippen LogP contribution in [0.3, 0.4) is 0 Å². The number of anilines is 1. The first kappa shape index (κ1) is 19.4. The molecule has 2 rings (SSSR count). The Morgan fingerprint density at radius 2 is 1.88 bits per heavy atom. The van der Waals surface area contributed by atoms with Gasteiger partial charge in [-0.25, -0.2) is 13.1 Å². The second-order valence-corrected chi connectivity index (χ2v) is 7.92. The molecule has 132 valence electrons. The van der Waals surface area contributed by atoms with Crippen molar-refractivity contribution in [3.05, 3.63) is 69.5 Å². The van der Waals surface area contributed by atoms with E-state index in [2.05, 4.69) is 26.0 Å². The average molecular weight is 423 g/mol. The molecule has 0 unspecified atom stereocenters. The lowest BCUT2D eigenvalue weighted by Crippen LogP contribution is -2.26. The molecule has 25 heavy (non-hydrogen) atoms. The molecule has 0 radical (unpaired) electrons. The van der Waals surface area contributed by atoms with Gasteiger partial charge >= 0.3 is 0 Å². The van der Waals surface area contributed by atoms with Gasteiger partial charge in [0, 0.05) is 28.5 Å². The average Bonchev–Trinajstić information content (AvgIpc) is 2.57. The molecule has 2 aromatic carbocycles. The third-order valence-electron chi connectivity index (χ3n) is 3.34. The zero-order valence-corrected chi connectivity index (χ0v) is 16.1. The highest BCUT2D eigenvalue weighted by Crippen LogP contribution is 2.20. The van der Waals surface area contributed by atoms with E-state index in [1.165, 1.54) is 6.08 Å². The molecule has 0 fully saturated rings. The number of carbonyl (C=O) groups excluding carboxylic acids is 1. The van der Waals surface area contributed by atoms with E-state index in [9.17, 15) is 13.2 Å². The molecule has 7 heteroatoms. The van der Waals surface area contributed by atoms with Crippen molar-refractivity contribution in [2.24, 2.45) is 0 Å². The summed E-state index contributed by atoms with van der Waals surface area (Å²) in [4.78, 5) is 11.9. The smallest absolute Gasteiger partial charge is 0.233 e. The lowest BCUT2D eigenvalue weighted by Gasteiger charge is -2.07. The highest BCUT2D eigenvalue weighted by Gasteiger charge is 2.08. The Bertz CT molecular complexity index is 865. The van der Waals surface area contributed by atoms with Crippen LogP contribution in [0, 0.1) is 6.92 Å². The van der Waals surface area contributed by atoms with Gasteiger partial charge < -0.3 is 5.32 Å².